The summed E-state index contributed by atoms with van der Waals surface area (Å²) in [5.74, 6) is 0. The van der Waals surface area contributed by atoms with Crippen LogP contribution in [-0.2, 0) is 0 Å². The highest BCUT2D eigenvalue weighted by molar-refractivity contribution is 5.47. The third-order valence-corrected chi connectivity index (χ3v) is 3.60. The van der Waals surface area contributed by atoms with Gasteiger partial charge in [0.1, 0.15) is 0 Å². The molecular weight excluding hydrogens is 260 g/mol. The summed E-state index contributed by atoms with van der Waals surface area (Å²) < 4.78 is 0. The first-order valence-electron chi connectivity index (χ1n) is 7.59. The monoisotopic (exact) mass is 288 g/mol. The van der Waals surface area contributed by atoms with Gasteiger partial charge in [-0.05, 0) is 38.8 Å². The Morgan fingerprint density at radius 2 is 2.00 bits per heavy atom. The van der Waals surface area contributed by atoms with Crippen LogP contribution in [0.1, 0.15) is 32.3 Å². The fourth-order valence-electron chi connectivity index (χ4n) is 2.37. The van der Waals surface area contributed by atoms with Crippen molar-refractivity contribution in [3.63, 3.8) is 0 Å². The molecule has 1 aromatic carbocycles. The molecule has 4 nitrogen and oxygen atoms in total. The minimum atomic E-state index is 0.331. The Bertz CT molecular complexity index is 462. The van der Waals surface area contributed by atoms with E-state index in [-0.39, 0.29) is 0 Å². The van der Waals surface area contributed by atoms with Crippen LogP contribution in [0, 0.1) is 6.92 Å². The largest absolute Gasteiger partial charge is 0.379 e. The predicted octanol–water partition coefficient (Wildman–Crippen LogP) is 4.45. The van der Waals surface area contributed by atoms with Crippen molar-refractivity contribution < 1.29 is 0 Å². The van der Waals surface area contributed by atoms with Crippen molar-refractivity contribution in [3.8, 4) is 0 Å². The molecule has 116 valence electrons. The smallest absolute Gasteiger partial charge is 0.0509 e. The summed E-state index contributed by atoms with van der Waals surface area (Å²) in [6, 6.07) is 8.88. The summed E-state index contributed by atoms with van der Waals surface area (Å²) >= 11 is 0. The van der Waals surface area contributed by atoms with E-state index in [1.807, 2.05) is 12.1 Å². The van der Waals surface area contributed by atoms with E-state index in [9.17, 15) is 0 Å². The van der Waals surface area contributed by atoms with Crippen molar-refractivity contribution >= 4 is 5.69 Å². The van der Waals surface area contributed by atoms with E-state index in [1.54, 1.807) is 7.05 Å². The van der Waals surface area contributed by atoms with Crippen LogP contribution < -0.4 is 5.32 Å². The maximum Gasteiger partial charge on any atom is 0.0509 e. The number of nitrogens with zero attached hydrogens (tertiary/aromatic N) is 3. The van der Waals surface area contributed by atoms with Gasteiger partial charge >= 0.3 is 0 Å². The Kier molecular flexibility index (Phi) is 7.51. The molecule has 0 amide bonds. The van der Waals surface area contributed by atoms with Crippen molar-refractivity contribution in [2.75, 3.05) is 26.0 Å². The third-order valence-electron chi connectivity index (χ3n) is 3.60. The topological polar surface area (TPSA) is 40.0 Å². The number of allylic oxidation sites excluding steroid dienone is 1. The van der Waals surface area contributed by atoms with Gasteiger partial charge in [-0.1, -0.05) is 41.5 Å². The molecule has 21 heavy (non-hydrogen) atoms. The molecule has 0 saturated carbocycles. The van der Waals surface area contributed by atoms with Crippen molar-refractivity contribution in [1.82, 2.24) is 5.01 Å². The second-order valence-electron chi connectivity index (χ2n) is 5.24. The first-order chi connectivity index (χ1) is 10.1. The van der Waals surface area contributed by atoms with E-state index in [2.05, 4.69) is 66.8 Å². The van der Waals surface area contributed by atoms with Crippen molar-refractivity contribution in [2.45, 2.75) is 39.7 Å². The standard InChI is InChI=1S/C17H28N4/c1-6-15(7-2)17(12-13-21(5)20-18-4)19-16-10-8-14(3)9-11-16/h6,8-11,17,19H,7,12-13H2,1-5H3/b15-6+,20-18?. The zero-order valence-electron chi connectivity index (χ0n) is 13.9. The van der Waals surface area contributed by atoms with Crippen molar-refractivity contribution in [3.05, 3.63) is 41.5 Å². The number of benzene rings is 1. The summed E-state index contributed by atoms with van der Waals surface area (Å²) in [7, 11) is 3.65. The molecule has 0 saturated heterocycles. The number of hydrogen-bond donors (Lipinski definition) is 1. The van der Waals surface area contributed by atoms with Crippen LogP contribution in [0.2, 0.25) is 0 Å². The predicted molar refractivity (Wildman–Crippen MR) is 90.7 cm³/mol. The van der Waals surface area contributed by atoms with Gasteiger partial charge in [0.15, 0.2) is 0 Å². The van der Waals surface area contributed by atoms with Gasteiger partial charge in [-0.25, -0.2) is 0 Å². The van der Waals surface area contributed by atoms with Gasteiger partial charge in [-0.3, -0.25) is 5.01 Å². The summed E-state index contributed by atoms with van der Waals surface area (Å²) in [5, 5.41) is 13.4. The van der Waals surface area contributed by atoms with Gasteiger partial charge in [0.25, 0.3) is 0 Å². The molecule has 0 heterocycles. The maximum absolute atomic E-state index is 4.04. The lowest BCUT2D eigenvalue weighted by Crippen LogP contribution is -2.27. The van der Waals surface area contributed by atoms with Crippen LogP contribution in [0.15, 0.2) is 46.3 Å². The molecule has 0 aliphatic carbocycles. The first-order valence-corrected chi connectivity index (χ1v) is 7.59. The SMILES string of the molecule is C/C=C(\CC)C(CCN(C)N=NC)Nc1ccc(C)cc1. The molecule has 0 radical (unpaired) electrons. The lowest BCUT2D eigenvalue weighted by atomic mass is 10.0. The molecule has 0 fully saturated rings. The maximum atomic E-state index is 4.04. The second kappa shape index (κ2) is 9.16. The molecule has 1 rings (SSSR count). The molecule has 4 heteroatoms. The lowest BCUT2D eigenvalue weighted by Gasteiger charge is -2.24. The summed E-state index contributed by atoms with van der Waals surface area (Å²) in [5.41, 5.74) is 3.87. The van der Waals surface area contributed by atoms with E-state index in [0.29, 0.717) is 6.04 Å². The lowest BCUT2D eigenvalue weighted by molar-refractivity contribution is 0.320. The Balaban J connectivity index is 2.75. The van der Waals surface area contributed by atoms with E-state index < -0.39 is 0 Å². The highest BCUT2D eigenvalue weighted by Crippen LogP contribution is 2.18. The number of hydrogen-bond acceptors (Lipinski definition) is 3. The van der Waals surface area contributed by atoms with Crippen molar-refractivity contribution in [2.24, 2.45) is 10.3 Å². The molecule has 0 aliphatic heterocycles. The summed E-state index contributed by atoms with van der Waals surface area (Å²) in [6.07, 6.45) is 4.27. The highest BCUT2D eigenvalue weighted by atomic mass is 15.5. The summed E-state index contributed by atoms with van der Waals surface area (Å²) in [4.78, 5) is 0. The normalized spacial score (nSPS) is 13.5. The molecule has 1 N–H and O–H groups in total. The van der Waals surface area contributed by atoms with Gasteiger partial charge < -0.3 is 5.32 Å². The molecule has 0 spiro atoms. The van der Waals surface area contributed by atoms with Crippen LogP contribution in [0.4, 0.5) is 5.69 Å². The third kappa shape index (κ3) is 5.98. The van der Waals surface area contributed by atoms with Gasteiger partial charge in [0.2, 0.25) is 0 Å². The van der Waals surface area contributed by atoms with E-state index in [4.69, 9.17) is 0 Å². The van der Waals surface area contributed by atoms with Crippen LogP contribution >= 0.6 is 0 Å². The van der Waals surface area contributed by atoms with Gasteiger partial charge in [-0.2, -0.15) is 5.11 Å². The Morgan fingerprint density at radius 1 is 1.33 bits per heavy atom. The number of rotatable bonds is 8. The van der Waals surface area contributed by atoms with Crippen LogP contribution in [-0.4, -0.2) is 31.7 Å². The van der Waals surface area contributed by atoms with E-state index >= 15 is 0 Å². The number of aryl methyl sites for hydroxylation is 1. The average molecular weight is 288 g/mol. The number of anilines is 1. The molecule has 0 aliphatic rings. The van der Waals surface area contributed by atoms with Gasteiger partial charge in [-0.15, -0.1) is 0 Å². The van der Waals surface area contributed by atoms with E-state index in [0.717, 1.165) is 25.1 Å². The molecule has 1 aromatic rings. The van der Waals surface area contributed by atoms with Gasteiger partial charge in [0, 0.05) is 25.3 Å². The Morgan fingerprint density at radius 3 is 2.52 bits per heavy atom. The number of nitrogens with one attached hydrogen (secondary N) is 1. The minimum Gasteiger partial charge on any atom is -0.379 e. The molecule has 1 unspecified atom stereocenters. The Labute approximate surface area is 128 Å². The van der Waals surface area contributed by atoms with Crippen LogP contribution in [0.3, 0.4) is 0 Å². The fraction of sp³-hybridized carbons (Fsp3) is 0.529. The Hall–Kier alpha value is -1.84. The minimum absolute atomic E-state index is 0.331. The second-order valence-corrected chi connectivity index (χ2v) is 5.24. The van der Waals surface area contributed by atoms with Crippen LogP contribution in [0.25, 0.3) is 0 Å². The molecule has 0 aromatic heterocycles. The van der Waals surface area contributed by atoms with Crippen molar-refractivity contribution in [1.29, 1.82) is 0 Å². The first kappa shape index (κ1) is 17.2. The zero-order chi connectivity index (χ0) is 15.7. The molecule has 0 bridgehead atoms. The fourth-order valence-corrected chi connectivity index (χ4v) is 2.37. The molecule has 1 atom stereocenters. The van der Waals surface area contributed by atoms with E-state index in [1.165, 1.54) is 11.1 Å². The quantitative estimate of drug-likeness (QED) is 0.436. The van der Waals surface area contributed by atoms with Crippen LogP contribution in [0.5, 0.6) is 0 Å². The average Bonchev–Trinajstić information content (AvgIpc) is 2.48. The zero-order valence-corrected chi connectivity index (χ0v) is 13.9. The highest BCUT2D eigenvalue weighted by Gasteiger charge is 2.13. The summed E-state index contributed by atoms with van der Waals surface area (Å²) in [6.45, 7) is 7.29. The van der Waals surface area contributed by atoms with Gasteiger partial charge in [0.05, 0.1) is 7.05 Å². The molecular formula is C17H28N4.